The maximum atomic E-state index is 13.0. The molecule has 3 rings (SSSR count). The molecule has 3 aromatic rings. The van der Waals surface area contributed by atoms with Gasteiger partial charge in [0.05, 0.1) is 15.1 Å². The Kier molecular flexibility index (Phi) is 5.98. The van der Waals surface area contributed by atoms with E-state index in [-0.39, 0.29) is 42.5 Å². The van der Waals surface area contributed by atoms with E-state index >= 15 is 0 Å². The summed E-state index contributed by atoms with van der Waals surface area (Å²) in [6.45, 7) is 0. The van der Waals surface area contributed by atoms with Crippen LogP contribution in [-0.4, -0.2) is 23.2 Å². The van der Waals surface area contributed by atoms with E-state index in [4.69, 9.17) is 46.4 Å². The Balaban J connectivity index is 2.65. The third-order valence-electron chi connectivity index (χ3n) is 4.37. The molecule has 0 aliphatic heterocycles. The monoisotopic (exact) mass is 492 g/mol. The second-order valence-electron chi connectivity index (χ2n) is 6.09. The summed E-state index contributed by atoms with van der Waals surface area (Å²) in [5, 5.41) is 19.6. The number of hydrogen-bond acceptors (Lipinski definition) is 4. The summed E-state index contributed by atoms with van der Waals surface area (Å²) in [5.41, 5.74) is -0.530. The third-order valence-corrected chi connectivity index (χ3v) is 7.25. The van der Waals surface area contributed by atoms with E-state index in [0.717, 1.165) is 12.1 Å². The molecule has 0 aliphatic carbocycles. The summed E-state index contributed by atoms with van der Waals surface area (Å²) in [6, 6.07) is 11.7. The molecule has 0 heterocycles. The standard InChI is InChI=1S/C19H12Cl4O5S/c20-11-8-14(18(23)16(25)9-11)19(29(26,27)28,10-3-1-4-12(24)7-10)13-5-2-6-15(21)17(13)22/h1-9,24-25H,(H,26,27,28). The van der Waals surface area contributed by atoms with Crippen molar-refractivity contribution in [2.45, 2.75) is 4.75 Å². The molecule has 1 unspecified atom stereocenters. The van der Waals surface area contributed by atoms with Gasteiger partial charge in [-0.05, 0) is 29.8 Å². The van der Waals surface area contributed by atoms with E-state index in [1.807, 2.05) is 0 Å². The van der Waals surface area contributed by atoms with Crippen molar-refractivity contribution in [3.05, 3.63) is 91.4 Å². The molecule has 0 radical (unpaired) electrons. The number of aromatic hydroxyl groups is 2. The van der Waals surface area contributed by atoms with Gasteiger partial charge in [0.1, 0.15) is 11.5 Å². The van der Waals surface area contributed by atoms with Gasteiger partial charge in [-0.3, -0.25) is 4.55 Å². The van der Waals surface area contributed by atoms with Gasteiger partial charge >= 0.3 is 0 Å². The molecule has 1 atom stereocenters. The zero-order valence-electron chi connectivity index (χ0n) is 14.3. The van der Waals surface area contributed by atoms with Crippen molar-refractivity contribution in [1.82, 2.24) is 0 Å². The van der Waals surface area contributed by atoms with Crippen LogP contribution in [0.2, 0.25) is 20.1 Å². The second-order valence-corrected chi connectivity index (χ2v) is 9.26. The Morgan fingerprint density at radius 1 is 0.793 bits per heavy atom. The van der Waals surface area contributed by atoms with Crippen molar-refractivity contribution in [1.29, 1.82) is 0 Å². The van der Waals surface area contributed by atoms with Crippen LogP contribution in [-0.2, 0) is 14.9 Å². The van der Waals surface area contributed by atoms with Gasteiger partial charge in [0.15, 0.2) is 4.75 Å². The Hall–Kier alpha value is -1.67. The van der Waals surface area contributed by atoms with E-state index in [9.17, 15) is 23.2 Å². The molecule has 10 heteroatoms. The lowest BCUT2D eigenvalue weighted by Crippen LogP contribution is -2.39. The molecular formula is C19H12Cl4O5S. The van der Waals surface area contributed by atoms with Crippen LogP contribution in [0.4, 0.5) is 0 Å². The minimum absolute atomic E-state index is 0.0136. The van der Waals surface area contributed by atoms with Gasteiger partial charge in [-0.1, -0.05) is 70.7 Å². The van der Waals surface area contributed by atoms with Crippen LogP contribution in [0.5, 0.6) is 11.5 Å². The Morgan fingerprint density at radius 3 is 2.07 bits per heavy atom. The van der Waals surface area contributed by atoms with E-state index in [0.29, 0.717) is 0 Å². The number of benzene rings is 3. The molecule has 0 amide bonds. The molecule has 0 saturated heterocycles. The lowest BCUT2D eigenvalue weighted by Gasteiger charge is -2.34. The topological polar surface area (TPSA) is 94.8 Å². The molecule has 29 heavy (non-hydrogen) atoms. The van der Waals surface area contributed by atoms with Gasteiger partial charge < -0.3 is 10.2 Å². The summed E-state index contributed by atoms with van der Waals surface area (Å²) in [5.74, 6) is -0.795. The summed E-state index contributed by atoms with van der Waals surface area (Å²) in [7, 11) is -5.11. The SMILES string of the molecule is O=S(=O)(O)C(c1cccc(O)c1)(c1cc(Cl)cc(O)c1Cl)c1cccc(Cl)c1Cl. The molecule has 0 spiro atoms. The van der Waals surface area contributed by atoms with Crippen molar-refractivity contribution in [2.75, 3.05) is 0 Å². The highest BCUT2D eigenvalue weighted by molar-refractivity contribution is 7.87. The van der Waals surface area contributed by atoms with Gasteiger partial charge in [0.2, 0.25) is 0 Å². The molecule has 3 N–H and O–H groups in total. The van der Waals surface area contributed by atoms with Gasteiger partial charge in [-0.25, -0.2) is 0 Å². The minimum Gasteiger partial charge on any atom is -0.508 e. The molecule has 5 nitrogen and oxygen atoms in total. The van der Waals surface area contributed by atoms with Gasteiger partial charge in [0, 0.05) is 22.2 Å². The molecule has 0 aliphatic rings. The first-order chi connectivity index (χ1) is 13.5. The van der Waals surface area contributed by atoms with E-state index < -0.39 is 20.6 Å². The predicted molar refractivity (Wildman–Crippen MR) is 114 cm³/mol. The largest absolute Gasteiger partial charge is 0.508 e. The lowest BCUT2D eigenvalue weighted by atomic mass is 9.83. The highest BCUT2D eigenvalue weighted by Gasteiger charge is 2.51. The predicted octanol–water partition coefficient (Wildman–Crippen LogP) is 5.89. The Bertz CT molecular complexity index is 1210. The normalized spacial score (nSPS) is 13.8. The zero-order chi connectivity index (χ0) is 21.6. The van der Waals surface area contributed by atoms with Gasteiger partial charge in [-0.15, -0.1) is 0 Å². The van der Waals surface area contributed by atoms with Crippen LogP contribution in [0.3, 0.4) is 0 Å². The lowest BCUT2D eigenvalue weighted by molar-refractivity contribution is 0.455. The van der Waals surface area contributed by atoms with Crippen LogP contribution in [0, 0.1) is 0 Å². The van der Waals surface area contributed by atoms with E-state index in [2.05, 4.69) is 0 Å². The first kappa shape index (κ1) is 22.0. The summed E-state index contributed by atoms with van der Waals surface area (Å²) in [6.07, 6.45) is 0. The first-order valence-corrected chi connectivity index (χ1v) is 10.8. The van der Waals surface area contributed by atoms with E-state index in [1.165, 1.54) is 42.5 Å². The Labute approximate surface area is 186 Å². The van der Waals surface area contributed by atoms with Crippen LogP contribution in [0.15, 0.2) is 54.6 Å². The van der Waals surface area contributed by atoms with Crippen molar-refractivity contribution in [2.24, 2.45) is 0 Å². The van der Waals surface area contributed by atoms with Crippen LogP contribution >= 0.6 is 46.4 Å². The summed E-state index contributed by atoms with van der Waals surface area (Å²) in [4.78, 5) is 0. The molecular weight excluding hydrogens is 482 g/mol. The van der Waals surface area contributed by atoms with Gasteiger partial charge in [-0.2, -0.15) is 8.42 Å². The summed E-state index contributed by atoms with van der Waals surface area (Å²) >= 11 is 24.8. The number of phenolic OH excluding ortho intramolecular Hbond substituents is 2. The molecule has 0 bridgehead atoms. The first-order valence-electron chi connectivity index (χ1n) is 7.89. The quantitative estimate of drug-likeness (QED) is 0.311. The summed E-state index contributed by atoms with van der Waals surface area (Å²) < 4.78 is 34.0. The number of phenols is 2. The fourth-order valence-corrected chi connectivity index (χ4v) is 5.54. The molecule has 3 aromatic carbocycles. The Morgan fingerprint density at radius 2 is 1.45 bits per heavy atom. The second kappa shape index (κ2) is 7.87. The number of halogens is 4. The van der Waals surface area contributed by atoms with Crippen molar-refractivity contribution in [3.63, 3.8) is 0 Å². The maximum absolute atomic E-state index is 13.0. The maximum Gasteiger partial charge on any atom is 0.283 e. The van der Waals surface area contributed by atoms with Gasteiger partial charge in [0.25, 0.3) is 10.1 Å². The van der Waals surface area contributed by atoms with E-state index in [1.54, 1.807) is 0 Å². The van der Waals surface area contributed by atoms with Crippen LogP contribution < -0.4 is 0 Å². The third kappa shape index (κ3) is 3.65. The highest BCUT2D eigenvalue weighted by Crippen LogP contribution is 2.52. The van der Waals surface area contributed by atoms with Crippen molar-refractivity contribution >= 4 is 56.5 Å². The highest BCUT2D eigenvalue weighted by atomic mass is 35.5. The smallest absolute Gasteiger partial charge is 0.283 e. The minimum atomic E-state index is -5.11. The number of rotatable bonds is 4. The fourth-order valence-electron chi connectivity index (χ4n) is 3.21. The molecule has 0 fully saturated rings. The molecule has 0 saturated carbocycles. The number of hydrogen-bond donors (Lipinski definition) is 3. The molecule has 0 aromatic heterocycles. The van der Waals surface area contributed by atoms with Crippen molar-refractivity contribution < 1.29 is 23.2 Å². The van der Waals surface area contributed by atoms with Crippen molar-refractivity contribution in [3.8, 4) is 11.5 Å². The van der Waals surface area contributed by atoms with Crippen LogP contribution in [0.1, 0.15) is 16.7 Å². The average molecular weight is 494 g/mol. The molecule has 152 valence electrons. The van der Waals surface area contributed by atoms with Crippen LogP contribution in [0.25, 0.3) is 0 Å². The zero-order valence-corrected chi connectivity index (χ0v) is 18.1. The average Bonchev–Trinajstić information content (AvgIpc) is 2.62. The fraction of sp³-hybridized carbons (Fsp3) is 0.0526.